The van der Waals surface area contributed by atoms with Crippen LogP contribution in [0.5, 0.6) is 0 Å². The number of carbonyl (C=O) groups is 1. The Morgan fingerprint density at radius 2 is 1.85 bits per heavy atom. The number of aryl methyl sites for hydroxylation is 2. The highest BCUT2D eigenvalue weighted by molar-refractivity contribution is 7.98. The molecule has 2 amide bonds. The van der Waals surface area contributed by atoms with Crippen LogP contribution in [0, 0.1) is 19.7 Å². The molecule has 0 aliphatic carbocycles. The number of nitrogens with one attached hydrogen (secondary N) is 2. The Hall–Kier alpha value is -3.36. The second-order valence-corrected chi connectivity index (χ2v) is 9.14. The van der Waals surface area contributed by atoms with Crippen LogP contribution >= 0.6 is 23.4 Å². The molecule has 1 heterocycles. The summed E-state index contributed by atoms with van der Waals surface area (Å²) < 4.78 is 15.1. The number of carbonyl (C=O) groups excluding carboxylic acids is 1. The van der Waals surface area contributed by atoms with E-state index in [-0.39, 0.29) is 18.4 Å². The molecule has 0 saturated carbocycles. The summed E-state index contributed by atoms with van der Waals surface area (Å²) in [4.78, 5) is 12.5. The summed E-state index contributed by atoms with van der Waals surface area (Å²) in [5.41, 5.74) is 4.53. The minimum atomic E-state index is -0.344. The maximum absolute atomic E-state index is 13.2. The van der Waals surface area contributed by atoms with Gasteiger partial charge in [-0.3, -0.25) is 4.57 Å². The highest BCUT2D eigenvalue weighted by atomic mass is 35.5. The molecule has 34 heavy (non-hydrogen) atoms. The summed E-state index contributed by atoms with van der Waals surface area (Å²) in [6.45, 7) is 4.10. The minimum absolute atomic E-state index is 0.160. The van der Waals surface area contributed by atoms with E-state index < -0.39 is 0 Å². The summed E-state index contributed by atoms with van der Waals surface area (Å²) in [6.07, 6.45) is 0. The van der Waals surface area contributed by atoms with Gasteiger partial charge in [0.25, 0.3) is 0 Å². The van der Waals surface area contributed by atoms with E-state index >= 15 is 0 Å². The summed E-state index contributed by atoms with van der Waals surface area (Å²) >= 11 is 7.75. The fourth-order valence-electron chi connectivity index (χ4n) is 3.36. The quantitative estimate of drug-likeness (QED) is 0.295. The third-order valence-corrected chi connectivity index (χ3v) is 6.31. The van der Waals surface area contributed by atoms with Gasteiger partial charge in [0.2, 0.25) is 0 Å². The van der Waals surface area contributed by atoms with Crippen LogP contribution in [0.25, 0.3) is 5.69 Å². The fourth-order valence-corrected chi connectivity index (χ4v) is 4.45. The number of halogens is 2. The number of hydrogen-bond donors (Lipinski definition) is 2. The van der Waals surface area contributed by atoms with Gasteiger partial charge in [-0.05, 0) is 66.9 Å². The lowest BCUT2D eigenvalue weighted by molar-refractivity contribution is 0.251. The number of thioether (sulfide) groups is 1. The van der Waals surface area contributed by atoms with E-state index in [4.69, 9.17) is 11.6 Å². The smallest absolute Gasteiger partial charge is 0.319 e. The van der Waals surface area contributed by atoms with E-state index in [0.29, 0.717) is 27.4 Å². The fraction of sp³-hybridized carbons (Fsp3) is 0.160. The van der Waals surface area contributed by atoms with Gasteiger partial charge in [0.15, 0.2) is 11.0 Å². The van der Waals surface area contributed by atoms with Crippen molar-refractivity contribution in [2.24, 2.45) is 0 Å². The Bertz CT molecular complexity index is 1310. The van der Waals surface area contributed by atoms with E-state index in [2.05, 4.69) is 20.8 Å². The van der Waals surface area contributed by atoms with Gasteiger partial charge in [0.05, 0.1) is 12.2 Å². The van der Waals surface area contributed by atoms with Gasteiger partial charge in [-0.2, -0.15) is 0 Å². The van der Waals surface area contributed by atoms with Crippen LogP contribution in [0.1, 0.15) is 22.5 Å². The van der Waals surface area contributed by atoms with Crippen LogP contribution in [-0.4, -0.2) is 20.8 Å². The van der Waals surface area contributed by atoms with Crippen molar-refractivity contribution in [3.8, 4) is 5.69 Å². The van der Waals surface area contributed by atoms with E-state index in [1.807, 2.05) is 60.9 Å². The zero-order valence-electron chi connectivity index (χ0n) is 18.7. The van der Waals surface area contributed by atoms with Crippen molar-refractivity contribution in [1.29, 1.82) is 0 Å². The Balaban J connectivity index is 1.55. The molecule has 0 bridgehead atoms. The van der Waals surface area contributed by atoms with E-state index in [0.717, 1.165) is 22.4 Å². The molecule has 0 spiro atoms. The molecule has 3 aromatic carbocycles. The third kappa shape index (κ3) is 5.95. The Labute approximate surface area is 206 Å². The number of anilines is 1. The van der Waals surface area contributed by atoms with Crippen molar-refractivity contribution >= 4 is 35.1 Å². The molecule has 2 N–H and O–H groups in total. The van der Waals surface area contributed by atoms with E-state index in [9.17, 15) is 9.18 Å². The summed E-state index contributed by atoms with van der Waals surface area (Å²) in [5.74, 6) is 0.870. The largest absolute Gasteiger partial charge is 0.331 e. The van der Waals surface area contributed by atoms with Crippen LogP contribution in [0.2, 0.25) is 5.02 Å². The first-order valence-corrected chi connectivity index (χ1v) is 11.9. The van der Waals surface area contributed by atoms with E-state index in [1.54, 1.807) is 12.1 Å². The summed E-state index contributed by atoms with van der Waals surface area (Å²) in [6, 6.07) is 19.2. The van der Waals surface area contributed by atoms with Crippen LogP contribution in [0.4, 0.5) is 14.9 Å². The van der Waals surface area contributed by atoms with Gasteiger partial charge in [-0.15, -0.1) is 10.2 Å². The number of hydrogen-bond acceptors (Lipinski definition) is 4. The molecule has 174 valence electrons. The van der Waals surface area contributed by atoms with Crippen LogP contribution < -0.4 is 10.6 Å². The monoisotopic (exact) mass is 495 g/mol. The first-order valence-electron chi connectivity index (χ1n) is 10.6. The van der Waals surface area contributed by atoms with Gasteiger partial charge in [-0.1, -0.05) is 53.7 Å². The first kappa shape index (κ1) is 23.8. The molecule has 0 radical (unpaired) electrons. The molecule has 4 rings (SSSR count). The Morgan fingerprint density at radius 1 is 1.06 bits per heavy atom. The molecule has 0 saturated heterocycles. The van der Waals surface area contributed by atoms with Crippen LogP contribution in [0.15, 0.2) is 71.9 Å². The molecule has 0 unspecified atom stereocenters. The lowest BCUT2D eigenvalue weighted by Crippen LogP contribution is -2.29. The summed E-state index contributed by atoms with van der Waals surface area (Å²) in [7, 11) is 0. The second-order valence-electron chi connectivity index (χ2n) is 7.76. The van der Waals surface area contributed by atoms with Crippen LogP contribution in [0.3, 0.4) is 0 Å². The van der Waals surface area contributed by atoms with Crippen LogP contribution in [-0.2, 0) is 12.3 Å². The predicted molar refractivity (Wildman–Crippen MR) is 134 cm³/mol. The summed E-state index contributed by atoms with van der Waals surface area (Å²) in [5, 5.41) is 15.6. The average Bonchev–Trinajstić information content (AvgIpc) is 3.21. The van der Waals surface area contributed by atoms with E-state index in [1.165, 1.54) is 23.9 Å². The molecule has 0 aliphatic rings. The predicted octanol–water partition coefficient (Wildman–Crippen LogP) is 6.29. The number of nitrogens with zero attached hydrogens (tertiary/aromatic N) is 3. The Kier molecular flexibility index (Phi) is 7.49. The molecule has 6 nitrogen and oxygen atoms in total. The maximum Gasteiger partial charge on any atom is 0.319 e. The van der Waals surface area contributed by atoms with Gasteiger partial charge >= 0.3 is 6.03 Å². The molecule has 0 fully saturated rings. The SMILES string of the molecule is Cc1cccc(NC(=O)NCc2nnc(SCc3ccc(F)cc3)n2-c2cc(Cl)ccc2C)c1. The topological polar surface area (TPSA) is 71.8 Å². The highest BCUT2D eigenvalue weighted by Crippen LogP contribution is 2.28. The zero-order chi connectivity index (χ0) is 24.1. The number of urea groups is 1. The number of aromatic nitrogens is 3. The molecule has 0 aliphatic heterocycles. The normalized spacial score (nSPS) is 10.8. The first-order chi connectivity index (χ1) is 16.4. The molecule has 0 atom stereocenters. The average molecular weight is 496 g/mol. The molecular formula is C25H23ClFN5OS. The lowest BCUT2D eigenvalue weighted by Gasteiger charge is -2.14. The molecular weight excluding hydrogens is 473 g/mol. The van der Waals surface area contributed by atoms with Crippen molar-refractivity contribution < 1.29 is 9.18 Å². The Morgan fingerprint density at radius 3 is 2.62 bits per heavy atom. The van der Waals surface area contributed by atoms with Gasteiger partial charge < -0.3 is 10.6 Å². The molecule has 9 heteroatoms. The third-order valence-electron chi connectivity index (χ3n) is 5.08. The van der Waals surface area contributed by atoms with Crippen molar-refractivity contribution in [3.63, 3.8) is 0 Å². The standard InChI is InChI=1S/C25H23ClFN5OS/c1-16-4-3-5-21(12-16)29-24(33)28-14-23-30-31-25(34-15-18-7-10-20(27)11-8-18)32(23)22-13-19(26)9-6-17(22)2/h3-13H,14-15H2,1-2H3,(H2,28,29,33). The van der Waals surface area contributed by atoms with Crippen molar-refractivity contribution in [2.45, 2.75) is 31.3 Å². The number of amides is 2. The van der Waals surface area contributed by atoms with Crippen molar-refractivity contribution in [1.82, 2.24) is 20.1 Å². The van der Waals surface area contributed by atoms with Crippen molar-refractivity contribution in [3.05, 3.63) is 100 Å². The van der Waals surface area contributed by atoms with Crippen molar-refractivity contribution in [2.75, 3.05) is 5.32 Å². The molecule has 1 aromatic heterocycles. The van der Waals surface area contributed by atoms with Gasteiger partial charge in [0.1, 0.15) is 5.82 Å². The van der Waals surface area contributed by atoms with Gasteiger partial charge in [-0.25, -0.2) is 9.18 Å². The lowest BCUT2D eigenvalue weighted by atomic mass is 10.2. The number of benzene rings is 3. The second kappa shape index (κ2) is 10.7. The molecule has 4 aromatic rings. The van der Waals surface area contributed by atoms with Gasteiger partial charge in [0, 0.05) is 16.5 Å². The maximum atomic E-state index is 13.2. The minimum Gasteiger partial charge on any atom is -0.331 e. The number of rotatable bonds is 7. The zero-order valence-corrected chi connectivity index (χ0v) is 20.3. The highest BCUT2D eigenvalue weighted by Gasteiger charge is 2.17.